The minimum Gasteiger partial charge on any atom is -0.493 e. The first-order chi connectivity index (χ1) is 11.6. The van der Waals surface area contributed by atoms with E-state index in [4.69, 9.17) is 15.2 Å². The van der Waals surface area contributed by atoms with Crippen molar-refractivity contribution < 1.29 is 14.3 Å². The number of amides is 1. The van der Waals surface area contributed by atoms with Gasteiger partial charge in [0.25, 0.3) is 5.56 Å². The number of fused-ring (bicyclic) bond motifs is 1. The Morgan fingerprint density at radius 1 is 1.28 bits per heavy atom. The van der Waals surface area contributed by atoms with Crippen molar-refractivity contribution in [3.8, 4) is 11.5 Å². The van der Waals surface area contributed by atoms with Gasteiger partial charge in [-0.2, -0.15) is 0 Å². The Hall–Kier alpha value is -2.32. The lowest BCUT2D eigenvalue weighted by atomic mass is 10.2. The molecule has 1 aromatic carbocycles. The number of hydrogen-bond acceptors (Lipinski definition) is 6. The monoisotopic (exact) mass is 370 g/mol. The fourth-order valence-corrected chi connectivity index (χ4v) is 2.35. The average Bonchev–Trinajstić information content (AvgIpc) is 2.60. The maximum Gasteiger partial charge on any atom is 0.261 e. The molecule has 3 N–H and O–H groups in total. The Balaban J connectivity index is 0.00000312. The molecule has 25 heavy (non-hydrogen) atoms. The van der Waals surface area contributed by atoms with Gasteiger partial charge in [0.05, 0.1) is 31.4 Å². The van der Waals surface area contributed by atoms with Crippen molar-refractivity contribution in [1.82, 2.24) is 14.9 Å². The van der Waals surface area contributed by atoms with Crippen LogP contribution in [0.4, 0.5) is 0 Å². The number of methoxy groups -OCH3 is 2. The van der Waals surface area contributed by atoms with Crippen LogP contribution in [-0.2, 0) is 11.3 Å². The third-order valence-corrected chi connectivity index (χ3v) is 3.60. The number of aromatic nitrogens is 2. The lowest BCUT2D eigenvalue weighted by Gasteiger charge is -2.10. The molecular formula is C16H23ClN4O4. The molecular weight excluding hydrogens is 348 g/mol. The summed E-state index contributed by atoms with van der Waals surface area (Å²) in [6, 6.07) is 3.29. The van der Waals surface area contributed by atoms with E-state index in [0.717, 1.165) is 0 Å². The van der Waals surface area contributed by atoms with E-state index in [9.17, 15) is 9.59 Å². The Morgan fingerprint density at radius 3 is 2.60 bits per heavy atom. The minimum atomic E-state index is -0.177. The zero-order chi connectivity index (χ0) is 17.5. The molecule has 0 radical (unpaired) electrons. The van der Waals surface area contributed by atoms with E-state index in [-0.39, 0.29) is 23.9 Å². The van der Waals surface area contributed by atoms with Crippen LogP contribution in [0.5, 0.6) is 11.5 Å². The van der Waals surface area contributed by atoms with Crippen molar-refractivity contribution in [2.45, 2.75) is 19.4 Å². The fourth-order valence-electron chi connectivity index (χ4n) is 2.35. The summed E-state index contributed by atoms with van der Waals surface area (Å²) in [4.78, 5) is 28.4. The lowest BCUT2D eigenvalue weighted by Crippen LogP contribution is -2.29. The molecule has 0 fully saturated rings. The van der Waals surface area contributed by atoms with Crippen LogP contribution in [0, 0.1) is 0 Å². The van der Waals surface area contributed by atoms with Gasteiger partial charge >= 0.3 is 0 Å². The van der Waals surface area contributed by atoms with Crippen LogP contribution in [0.3, 0.4) is 0 Å². The number of halogens is 1. The lowest BCUT2D eigenvalue weighted by molar-refractivity contribution is -0.121. The molecule has 0 spiro atoms. The standard InChI is InChI=1S/C16H22N4O4.ClH/c1-23-13-8-11-12(9-14(13)24-2)19-10-20(16(11)22)7-3-4-15(21)18-6-5-17;/h8-10H,3-7,17H2,1-2H3,(H,18,21);1H. The molecule has 1 amide bonds. The summed E-state index contributed by atoms with van der Waals surface area (Å²) in [5, 5.41) is 3.14. The van der Waals surface area contributed by atoms with E-state index in [1.165, 1.54) is 25.1 Å². The first-order valence-electron chi connectivity index (χ1n) is 7.68. The Morgan fingerprint density at radius 2 is 1.96 bits per heavy atom. The van der Waals surface area contributed by atoms with Crippen molar-refractivity contribution in [2.24, 2.45) is 5.73 Å². The van der Waals surface area contributed by atoms with Gasteiger partial charge in [0.15, 0.2) is 11.5 Å². The highest BCUT2D eigenvalue weighted by Gasteiger charge is 2.11. The van der Waals surface area contributed by atoms with Gasteiger partial charge in [0, 0.05) is 32.1 Å². The van der Waals surface area contributed by atoms with Crippen molar-refractivity contribution in [3.63, 3.8) is 0 Å². The van der Waals surface area contributed by atoms with Gasteiger partial charge in [-0.3, -0.25) is 14.2 Å². The molecule has 1 aromatic heterocycles. The summed E-state index contributed by atoms with van der Waals surface area (Å²) in [7, 11) is 3.04. The number of carbonyl (C=O) groups excluding carboxylic acids is 1. The maximum atomic E-state index is 12.6. The van der Waals surface area contributed by atoms with Crippen LogP contribution >= 0.6 is 12.4 Å². The second-order valence-corrected chi connectivity index (χ2v) is 5.21. The molecule has 0 bridgehead atoms. The summed E-state index contributed by atoms with van der Waals surface area (Å²) in [5.74, 6) is 0.919. The molecule has 0 saturated heterocycles. The smallest absolute Gasteiger partial charge is 0.261 e. The highest BCUT2D eigenvalue weighted by atomic mass is 35.5. The third kappa shape index (κ3) is 5.07. The quantitative estimate of drug-likeness (QED) is 0.707. The summed E-state index contributed by atoms with van der Waals surface area (Å²) < 4.78 is 11.9. The number of benzene rings is 1. The van der Waals surface area contributed by atoms with Gasteiger partial charge in [-0.25, -0.2) is 4.98 Å². The van der Waals surface area contributed by atoms with Crippen molar-refractivity contribution in [3.05, 3.63) is 28.8 Å². The Labute approximate surface area is 151 Å². The Bertz CT molecular complexity index is 779. The van der Waals surface area contributed by atoms with Gasteiger partial charge in [-0.05, 0) is 12.5 Å². The summed E-state index contributed by atoms with van der Waals surface area (Å²) in [6.07, 6.45) is 2.35. The largest absolute Gasteiger partial charge is 0.493 e. The highest BCUT2D eigenvalue weighted by Crippen LogP contribution is 2.29. The molecule has 0 unspecified atom stereocenters. The molecule has 0 aliphatic rings. The first kappa shape index (κ1) is 20.7. The molecule has 2 rings (SSSR count). The number of rotatable bonds is 8. The summed E-state index contributed by atoms with van der Waals surface area (Å²) in [6.45, 7) is 1.27. The van der Waals surface area contributed by atoms with Gasteiger partial charge < -0.3 is 20.5 Å². The molecule has 9 heteroatoms. The summed E-state index contributed by atoms with van der Waals surface area (Å²) >= 11 is 0. The zero-order valence-corrected chi connectivity index (χ0v) is 15.1. The van der Waals surface area contributed by atoms with Crippen LogP contribution in [0.2, 0.25) is 0 Å². The van der Waals surface area contributed by atoms with Gasteiger partial charge in [-0.15, -0.1) is 12.4 Å². The number of carbonyl (C=O) groups is 1. The van der Waals surface area contributed by atoms with Crippen LogP contribution in [0.25, 0.3) is 10.9 Å². The summed E-state index contributed by atoms with van der Waals surface area (Å²) in [5.41, 5.74) is 5.69. The van der Waals surface area contributed by atoms with E-state index >= 15 is 0 Å². The van der Waals surface area contributed by atoms with E-state index < -0.39 is 0 Å². The van der Waals surface area contributed by atoms with Gasteiger partial charge in [0.2, 0.25) is 5.91 Å². The predicted molar refractivity (Wildman–Crippen MR) is 97.7 cm³/mol. The molecule has 138 valence electrons. The average molecular weight is 371 g/mol. The first-order valence-corrected chi connectivity index (χ1v) is 7.68. The highest BCUT2D eigenvalue weighted by molar-refractivity contribution is 5.85. The molecule has 2 aromatic rings. The number of nitrogens with zero attached hydrogens (tertiary/aromatic N) is 2. The maximum absolute atomic E-state index is 12.6. The van der Waals surface area contributed by atoms with Gasteiger partial charge in [0.1, 0.15) is 0 Å². The van der Waals surface area contributed by atoms with Crippen molar-refractivity contribution in [2.75, 3.05) is 27.3 Å². The normalized spacial score (nSPS) is 10.2. The van der Waals surface area contributed by atoms with E-state index in [0.29, 0.717) is 54.9 Å². The van der Waals surface area contributed by atoms with Crippen LogP contribution in [-0.4, -0.2) is 42.8 Å². The number of ether oxygens (including phenoxy) is 2. The molecule has 0 atom stereocenters. The zero-order valence-electron chi connectivity index (χ0n) is 14.3. The van der Waals surface area contributed by atoms with Crippen LogP contribution in [0.15, 0.2) is 23.3 Å². The Kier molecular flexibility index (Phi) is 8.17. The van der Waals surface area contributed by atoms with Gasteiger partial charge in [-0.1, -0.05) is 0 Å². The molecule has 1 heterocycles. The predicted octanol–water partition coefficient (Wildman–Crippen LogP) is 0.691. The number of nitrogens with one attached hydrogen (secondary N) is 1. The topological polar surface area (TPSA) is 108 Å². The third-order valence-electron chi connectivity index (χ3n) is 3.60. The van der Waals surface area contributed by atoms with E-state index in [2.05, 4.69) is 10.3 Å². The van der Waals surface area contributed by atoms with Crippen molar-refractivity contribution >= 4 is 29.2 Å². The second kappa shape index (κ2) is 9.85. The minimum absolute atomic E-state index is 0. The van der Waals surface area contributed by atoms with E-state index in [1.54, 1.807) is 12.1 Å². The molecule has 0 aliphatic heterocycles. The second-order valence-electron chi connectivity index (χ2n) is 5.21. The van der Waals surface area contributed by atoms with Crippen molar-refractivity contribution in [1.29, 1.82) is 0 Å². The SMILES string of the molecule is COc1cc2ncn(CCCC(=O)NCCN)c(=O)c2cc1OC.Cl. The molecule has 0 aliphatic carbocycles. The number of aryl methyl sites for hydroxylation is 1. The molecule has 0 saturated carbocycles. The van der Waals surface area contributed by atoms with Crippen LogP contribution < -0.4 is 26.1 Å². The fraction of sp³-hybridized carbons (Fsp3) is 0.438. The number of hydrogen-bond donors (Lipinski definition) is 2. The number of nitrogens with two attached hydrogens (primary N) is 1. The van der Waals surface area contributed by atoms with E-state index in [1.807, 2.05) is 0 Å². The van der Waals surface area contributed by atoms with Crippen LogP contribution in [0.1, 0.15) is 12.8 Å². The molecule has 8 nitrogen and oxygen atoms in total.